The Kier molecular flexibility index (Phi) is 4.52. The molecule has 0 unspecified atom stereocenters. The number of amides is 1. The van der Waals surface area contributed by atoms with Gasteiger partial charge in [0, 0.05) is 11.3 Å². The van der Waals surface area contributed by atoms with Crippen LogP contribution >= 0.6 is 11.3 Å². The van der Waals surface area contributed by atoms with Crippen molar-refractivity contribution in [3.8, 4) is 0 Å². The maximum absolute atomic E-state index is 12.0. The molecule has 1 heterocycles. The van der Waals surface area contributed by atoms with Crippen molar-refractivity contribution in [1.29, 1.82) is 0 Å². The van der Waals surface area contributed by atoms with Crippen molar-refractivity contribution in [3.05, 3.63) is 16.1 Å². The van der Waals surface area contributed by atoms with E-state index in [9.17, 15) is 9.59 Å². The average Bonchev–Trinajstić information content (AvgIpc) is 2.82. The van der Waals surface area contributed by atoms with Crippen LogP contribution < -0.4 is 5.32 Å². The van der Waals surface area contributed by atoms with E-state index in [1.807, 2.05) is 12.3 Å². The first-order valence-corrected chi connectivity index (χ1v) is 7.35. The number of hydrogen-bond donors (Lipinski definition) is 2. The third kappa shape index (κ3) is 3.76. The number of nitrogens with one attached hydrogen (secondary N) is 1. The summed E-state index contributed by atoms with van der Waals surface area (Å²) in [5.41, 5.74) is 0.884. The molecule has 0 spiro atoms. The average molecular weight is 282 g/mol. The van der Waals surface area contributed by atoms with Gasteiger partial charge in [0.15, 0.2) is 0 Å². The minimum absolute atomic E-state index is 0.0227. The zero-order chi connectivity index (χ0) is 13.8. The summed E-state index contributed by atoms with van der Waals surface area (Å²) in [5, 5.41) is 14.7. The van der Waals surface area contributed by atoms with Crippen LogP contribution in [-0.2, 0) is 16.1 Å². The predicted octanol–water partition coefficient (Wildman–Crippen LogP) is 1.96. The number of thiazole rings is 1. The highest BCUT2D eigenvalue weighted by atomic mass is 32.1. The highest BCUT2D eigenvalue weighted by Gasteiger charge is 2.29. The van der Waals surface area contributed by atoms with E-state index in [4.69, 9.17) is 5.11 Å². The van der Waals surface area contributed by atoms with Crippen molar-refractivity contribution in [3.63, 3.8) is 0 Å². The van der Waals surface area contributed by atoms with E-state index in [-0.39, 0.29) is 17.7 Å². The van der Waals surface area contributed by atoms with Gasteiger partial charge in [-0.25, -0.2) is 4.98 Å². The van der Waals surface area contributed by atoms with Crippen molar-refractivity contribution in [2.24, 2.45) is 11.8 Å². The molecule has 1 aliphatic rings. The summed E-state index contributed by atoms with van der Waals surface area (Å²) in [7, 11) is 0. The van der Waals surface area contributed by atoms with Gasteiger partial charge in [0.05, 0.1) is 23.2 Å². The van der Waals surface area contributed by atoms with Crippen LogP contribution in [0, 0.1) is 18.8 Å². The number of carboxylic acids is 1. The van der Waals surface area contributed by atoms with E-state index in [2.05, 4.69) is 10.3 Å². The molecule has 1 aromatic heterocycles. The van der Waals surface area contributed by atoms with Gasteiger partial charge in [0.1, 0.15) is 0 Å². The van der Waals surface area contributed by atoms with E-state index in [1.54, 1.807) is 11.3 Å². The second-order valence-electron chi connectivity index (χ2n) is 4.96. The molecule has 0 atom stereocenters. The number of carbonyl (C=O) groups excluding carboxylic acids is 1. The molecule has 0 saturated heterocycles. The van der Waals surface area contributed by atoms with Crippen LogP contribution in [0.25, 0.3) is 0 Å². The van der Waals surface area contributed by atoms with Crippen LogP contribution in [0.15, 0.2) is 5.38 Å². The fourth-order valence-electron chi connectivity index (χ4n) is 2.41. The van der Waals surface area contributed by atoms with Crippen LogP contribution in [0.2, 0.25) is 0 Å². The monoisotopic (exact) mass is 282 g/mol. The number of hydrogen-bond acceptors (Lipinski definition) is 4. The van der Waals surface area contributed by atoms with Crippen LogP contribution in [0.5, 0.6) is 0 Å². The summed E-state index contributed by atoms with van der Waals surface area (Å²) in [5.74, 6) is -1.04. The second kappa shape index (κ2) is 6.14. The minimum atomic E-state index is -0.739. The van der Waals surface area contributed by atoms with Crippen molar-refractivity contribution < 1.29 is 14.7 Å². The van der Waals surface area contributed by atoms with Crippen LogP contribution in [0.4, 0.5) is 0 Å². The topological polar surface area (TPSA) is 79.3 Å². The van der Waals surface area contributed by atoms with Gasteiger partial charge >= 0.3 is 5.97 Å². The quantitative estimate of drug-likeness (QED) is 0.884. The molecule has 19 heavy (non-hydrogen) atoms. The number of carboxylic acid groups (broad SMARTS) is 1. The summed E-state index contributed by atoms with van der Waals surface area (Å²) in [6.07, 6.45) is 2.53. The molecule has 0 aromatic carbocycles. The molecule has 2 N–H and O–H groups in total. The summed E-state index contributed by atoms with van der Waals surface area (Å²) in [6, 6.07) is 0. The Morgan fingerprint density at radius 3 is 2.53 bits per heavy atom. The third-order valence-electron chi connectivity index (χ3n) is 3.56. The number of carbonyl (C=O) groups is 2. The molecule has 5 nitrogen and oxygen atoms in total. The Morgan fingerprint density at radius 2 is 2.00 bits per heavy atom. The minimum Gasteiger partial charge on any atom is -0.481 e. The Hall–Kier alpha value is -1.43. The summed E-state index contributed by atoms with van der Waals surface area (Å²) < 4.78 is 0. The molecule has 1 amide bonds. The normalized spacial score (nSPS) is 23.0. The lowest BCUT2D eigenvalue weighted by Gasteiger charge is -2.25. The molecule has 1 saturated carbocycles. The molecule has 0 radical (unpaired) electrons. The number of aryl methyl sites for hydroxylation is 1. The molecule has 1 fully saturated rings. The second-order valence-corrected chi connectivity index (χ2v) is 6.02. The zero-order valence-electron chi connectivity index (χ0n) is 10.9. The fraction of sp³-hybridized carbons (Fsp3) is 0.615. The lowest BCUT2D eigenvalue weighted by molar-refractivity contribution is -0.144. The van der Waals surface area contributed by atoms with E-state index in [0.29, 0.717) is 32.2 Å². The SMILES string of the molecule is Cc1nc(CNC(=O)C2CCC(C(=O)O)CC2)cs1. The van der Waals surface area contributed by atoms with Crippen molar-refractivity contribution in [2.75, 3.05) is 0 Å². The van der Waals surface area contributed by atoms with Gasteiger partial charge in [-0.05, 0) is 32.6 Å². The zero-order valence-corrected chi connectivity index (χ0v) is 11.7. The van der Waals surface area contributed by atoms with Crippen LogP contribution in [0.1, 0.15) is 36.4 Å². The van der Waals surface area contributed by atoms with E-state index >= 15 is 0 Å². The van der Waals surface area contributed by atoms with Crippen LogP contribution in [0.3, 0.4) is 0 Å². The Balaban J connectivity index is 1.77. The maximum Gasteiger partial charge on any atom is 0.306 e. The lowest BCUT2D eigenvalue weighted by atomic mass is 9.81. The Bertz CT molecular complexity index is 464. The van der Waals surface area contributed by atoms with Crippen LogP contribution in [-0.4, -0.2) is 22.0 Å². The number of aromatic nitrogens is 1. The van der Waals surface area contributed by atoms with Crippen molar-refractivity contribution in [1.82, 2.24) is 10.3 Å². The largest absolute Gasteiger partial charge is 0.481 e. The van der Waals surface area contributed by atoms with Gasteiger partial charge in [-0.1, -0.05) is 0 Å². The van der Waals surface area contributed by atoms with Gasteiger partial charge in [-0.2, -0.15) is 0 Å². The fourth-order valence-corrected chi connectivity index (χ4v) is 3.03. The number of nitrogens with zero attached hydrogens (tertiary/aromatic N) is 1. The van der Waals surface area contributed by atoms with Gasteiger partial charge in [0.25, 0.3) is 0 Å². The molecule has 0 bridgehead atoms. The van der Waals surface area contributed by atoms with Gasteiger partial charge in [-0.15, -0.1) is 11.3 Å². The molecule has 6 heteroatoms. The smallest absolute Gasteiger partial charge is 0.306 e. The van der Waals surface area contributed by atoms with E-state index in [1.165, 1.54) is 0 Å². The Labute approximate surface area is 116 Å². The summed E-state index contributed by atoms with van der Waals surface area (Å²) in [4.78, 5) is 27.1. The first kappa shape index (κ1) is 14.0. The van der Waals surface area contributed by atoms with E-state index < -0.39 is 5.97 Å². The summed E-state index contributed by atoms with van der Waals surface area (Å²) in [6.45, 7) is 2.39. The molecular weight excluding hydrogens is 264 g/mol. The molecule has 1 aliphatic carbocycles. The number of rotatable bonds is 4. The summed E-state index contributed by atoms with van der Waals surface area (Å²) >= 11 is 1.57. The molecule has 104 valence electrons. The molecule has 1 aromatic rings. The van der Waals surface area contributed by atoms with E-state index in [0.717, 1.165) is 10.7 Å². The highest BCUT2D eigenvalue weighted by molar-refractivity contribution is 7.09. The third-order valence-corrected chi connectivity index (χ3v) is 4.38. The lowest BCUT2D eigenvalue weighted by Crippen LogP contribution is -2.34. The highest BCUT2D eigenvalue weighted by Crippen LogP contribution is 2.29. The standard InChI is InChI=1S/C13H18N2O3S/c1-8-15-11(7-19-8)6-14-12(16)9-2-4-10(5-3-9)13(17)18/h7,9-10H,2-6H2,1H3,(H,14,16)(H,17,18). The molecule has 0 aliphatic heterocycles. The van der Waals surface area contributed by atoms with Gasteiger partial charge in [0.2, 0.25) is 5.91 Å². The predicted molar refractivity (Wildman–Crippen MR) is 71.8 cm³/mol. The maximum atomic E-state index is 12.0. The first-order chi connectivity index (χ1) is 9.06. The Morgan fingerprint density at radius 1 is 1.37 bits per heavy atom. The van der Waals surface area contributed by atoms with Crippen molar-refractivity contribution in [2.45, 2.75) is 39.2 Å². The first-order valence-electron chi connectivity index (χ1n) is 6.48. The van der Waals surface area contributed by atoms with Gasteiger partial charge < -0.3 is 10.4 Å². The van der Waals surface area contributed by atoms with Crippen molar-refractivity contribution >= 4 is 23.2 Å². The number of aliphatic carboxylic acids is 1. The molecule has 2 rings (SSSR count). The van der Waals surface area contributed by atoms with Gasteiger partial charge in [-0.3, -0.25) is 9.59 Å². The molecular formula is C13H18N2O3S.